The first-order valence-electron chi connectivity index (χ1n) is 7.74. The van der Waals surface area contributed by atoms with E-state index in [0.717, 1.165) is 21.5 Å². The molecule has 0 bridgehead atoms. The Morgan fingerprint density at radius 2 is 2.00 bits per heavy atom. The fourth-order valence-electron chi connectivity index (χ4n) is 2.41. The third-order valence-electron chi connectivity index (χ3n) is 3.56. The number of nitrogens with one attached hydrogen (secondary N) is 2. The fraction of sp³-hybridized carbons (Fsp3) is 0.0556. The zero-order valence-electron chi connectivity index (χ0n) is 13.6. The van der Waals surface area contributed by atoms with E-state index < -0.39 is 0 Å². The van der Waals surface area contributed by atoms with Crippen molar-refractivity contribution in [1.82, 2.24) is 9.97 Å². The summed E-state index contributed by atoms with van der Waals surface area (Å²) >= 11 is 7.31. The van der Waals surface area contributed by atoms with Gasteiger partial charge in [0.25, 0.3) is 6.01 Å². The normalized spacial score (nSPS) is 10.8. The number of thiazole rings is 1. The number of carbonyl (C=O) groups is 1. The molecule has 8 heteroatoms. The predicted octanol–water partition coefficient (Wildman–Crippen LogP) is 5.31. The molecular weight excluding hydrogens is 372 g/mol. The Hall–Kier alpha value is -2.90. The molecule has 2 N–H and O–H groups in total. The Morgan fingerprint density at radius 3 is 2.77 bits per heavy atom. The van der Waals surface area contributed by atoms with Crippen LogP contribution in [0.15, 0.2) is 53.1 Å². The summed E-state index contributed by atoms with van der Waals surface area (Å²) in [6, 6.07) is 13.4. The lowest BCUT2D eigenvalue weighted by Crippen LogP contribution is -2.04. The van der Waals surface area contributed by atoms with E-state index in [9.17, 15) is 4.79 Å². The van der Waals surface area contributed by atoms with Gasteiger partial charge in [-0.1, -0.05) is 22.9 Å². The average Bonchev–Trinajstić information content (AvgIpc) is 3.21. The number of rotatable bonds is 4. The number of oxazole rings is 1. The van der Waals surface area contributed by atoms with Gasteiger partial charge in [-0.05, 0) is 42.5 Å². The third kappa shape index (κ3) is 3.54. The highest BCUT2D eigenvalue weighted by molar-refractivity contribution is 7.22. The minimum Gasteiger partial charge on any atom is -0.423 e. The van der Waals surface area contributed by atoms with E-state index in [1.54, 1.807) is 18.3 Å². The van der Waals surface area contributed by atoms with Crippen molar-refractivity contribution in [2.45, 2.75) is 6.92 Å². The Bertz CT molecular complexity index is 1090. The molecule has 2 aromatic carbocycles. The van der Waals surface area contributed by atoms with E-state index in [1.807, 2.05) is 30.3 Å². The van der Waals surface area contributed by atoms with Gasteiger partial charge in [0, 0.05) is 23.2 Å². The molecule has 6 nitrogen and oxygen atoms in total. The molecular formula is C18H13ClN4O2S. The molecule has 0 fully saturated rings. The number of fused-ring (bicyclic) bond motifs is 1. The van der Waals surface area contributed by atoms with Crippen LogP contribution in [0.25, 0.3) is 21.5 Å². The number of anilines is 3. The number of hydrogen-bond acceptors (Lipinski definition) is 6. The Balaban J connectivity index is 1.55. The number of amides is 1. The number of nitrogens with zero attached hydrogens (tertiary/aromatic N) is 2. The zero-order chi connectivity index (χ0) is 18.1. The summed E-state index contributed by atoms with van der Waals surface area (Å²) < 4.78 is 6.70. The lowest BCUT2D eigenvalue weighted by molar-refractivity contribution is -0.114. The summed E-state index contributed by atoms with van der Waals surface area (Å²) in [7, 11) is 0. The van der Waals surface area contributed by atoms with Crippen LogP contribution in [-0.2, 0) is 4.79 Å². The summed E-state index contributed by atoms with van der Waals surface area (Å²) in [5.74, 6) is 0.507. The second kappa shape index (κ2) is 6.78. The van der Waals surface area contributed by atoms with Gasteiger partial charge in [0.15, 0.2) is 10.9 Å². The molecule has 0 saturated carbocycles. The summed E-state index contributed by atoms with van der Waals surface area (Å²) in [5.41, 5.74) is 2.53. The summed E-state index contributed by atoms with van der Waals surface area (Å²) in [6.45, 7) is 1.46. The molecule has 4 rings (SSSR count). The van der Waals surface area contributed by atoms with E-state index in [2.05, 4.69) is 20.6 Å². The molecule has 0 atom stereocenters. The van der Waals surface area contributed by atoms with Gasteiger partial charge in [0.2, 0.25) is 5.91 Å². The van der Waals surface area contributed by atoms with Crippen LogP contribution >= 0.6 is 22.9 Å². The van der Waals surface area contributed by atoms with Crippen LogP contribution in [0, 0.1) is 0 Å². The standard InChI is InChI=1S/C18H13ClN4O2S/c1-10(24)21-18-23-14-7-6-13(8-16(14)26-18)22-17-20-9-15(25-17)11-2-4-12(19)5-3-11/h2-9H,1H3,(H,20,22)(H,21,23,24). The van der Waals surface area contributed by atoms with E-state index in [-0.39, 0.29) is 5.91 Å². The third-order valence-corrected chi connectivity index (χ3v) is 4.74. The van der Waals surface area contributed by atoms with Crippen molar-refractivity contribution >= 4 is 55.9 Å². The van der Waals surface area contributed by atoms with Crippen molar-refractivity contribution in [3.05, 3.63) is 53.7 Å². The number of halogens is 1. The van der Waals surface area contributed by atoms with Gasteiger partial charge in [-0.25, -0.2) is 9.97 Å². The minimum atomic E-state index is -0.142. The summed E-state index contributed by atoms with van der Waals surface area (Å²) in [4.78, 5) is 19.8. The van der Waals surface area contributed by atoms with Crippen LogP contribution < -0.4 is 10.6 Å². The highest BCUT2D eigenvalue weighted by Gasteiger charge is 2.09. The molecule has 0 aliphatic carbocycles. The van der Waals surface area contributed by atoms with Crippen LogP contribution in [0.4, 0.5) is 16.8 Å². The highest BCUT2D eigenvalue weighted by atomic mass is 35.5. The predicted molar refractivity (Wildman–Crippen MR) is 104 cm³/mol. The SMILES string of the molecule is CC(=O)Nc1nc2ccc(Nc3ncc(-c4ccc(Cl)cc4)o3)cc2s1. The first-order valence-corrected chi connectivity index (χ1v) is 8.93. The first-order chi connectivity index (χ1) is 12.6. The first kappa shape index (κ1) is 16.6. The van der Waals surface area contributed by atoms with Crippen molar-refractivity contribution in [3.8, 4) is 11.3 Å². The van der Waals surface area contributed by atoms with Crippen LogP contribution in [0.5, 0.6) is 0 Å². The Kier molecular flexibility index (Phi) is 4.32. The molecule has 0 aliphatic rings. The largest absolute Gasteiger partial charge is 0.423 e. The van der Waals surface area contributed by atoms with Gasteiger partial charge in [-0.15, -0.1) is 0 Å². The van der Waals surface area contributed by atoms with Crippen LogP contribution in [-0.4, -0.2) is 15.9 Å². The zero-order valence-corrected chi connectivity index (χ0v) is 15.2. The van der Waals surface area contributed by atoms with Crippen LogP contribution in [0.2, 0.25) is 5.02 Å². The van der Waals surface area contributed by atoms with Gasteiger partial charge in [0.05, 0.1) is 16.4 Å². The van der Waals surface area contributed by atoms with Crippen molar-refractivity contribution < 1.29 is 9.21 Å². The van der Waals surface area contributed by atoms with Crippen molar-refractivity contribution in [1.29, 1.82) is 0 Å². The average molecular weight is 385 g/mol. The van der Waals surface area contributed by atoms with E-state index in [4.69, 9.17) is 16.0 Å². The van der Waals surface area contributed by atoms with E-state index in [1.165, 1.54) is 18.3 Å². The number of carbonyl (C=O) groups excluding carboxylic acids is 1. The van der Waals surface area contributed by atoms with Crippen LogP contribution in [0.3, 0.4) is 0 Å². The monoisotopic (exact) mass is 384 g/mol. The van der Waals surface area contributed by atoms with Gasteiger partial charge < -0.3 is 15.1 Å². The second-order valence-electron chi connectivity index (χ2n) is 5.54. The molecule has 4 aromatic rings. The number of benzene rings is 2. The van der Waals surface area contributed by atoms with Crippen molar-refractivity contribution in [2.75, 3.05) is 10.6 Å². The molecule has 130 valence electrons. The maximum Gasteiger partial charge on any atom is 0.299 e. The lowest BCUT2D eigenvalue weighted by Gasteiger charge is -2.01. The molecule has 0 aliphatic heterocycles. The molecule has 2 heterocycles. The van der Waals surface area contributed by atoms with Crippen molar-refractivity contribution in [3.63, 3.8) is 0 Å². The maximum absolute atomic E-state index is 11.2. The van der Waals surface area contributed by atoms with Gasteiger partial charge >= 0.3 is 0 Å². The quantitative estimate of drug-likeness (QED) is 0.498. The maximum atomic E-state index is 11.2. The fourth-order valence-corrected chi connectivity index (χ4v) is 3.49. The molecule has 0 saturated heterocycles. The topological polar surface area (TPSA) is 80.0 Å². The smallest absolute Gasteiger partial charge is 0.299 e. The second-order valence-corrected chi connectivity index (χ2v) is 7.01. The molecule has 0 radical (unpaired) electrons. The Labute approximate surface area is 157 Å². The van der Waals surface area contributed by atoms with Crippen molar-refractivity contribution in [2.24, 2.45) is 0 Å². The summed E-state index contributed by atoms with van der Waals surface area (Å²) in [6.07, 6.45) is 1.66. The highest BCUT2D eigenvalue weighted by Crippen LogP contribution is 2.30. The van der Waals surface area contributed by atoms with Gasteiger partial charge in [0.1, 0.15) is 0 Å². The molecule has 0 spiro atoms. The molecule has 2 aromatic heterocycles. The van der Waals surface area contributed by atoms with Crippen LogP contribution in [0.1, 0.15) is 6.92 Å². The number of aromatic nitrogens is 2. The summed E-state index contributed by atoms with van der Waals surface area (Å²) in [5, 5.41) is 7.08. The van der Waals surface area contributed by atoms with Gasteiger partial charge in [-0.2, -0.15) is 0 Å². The molecule has 26 heavy (non-hydrogen) atoms. The minimum absolute atomic E-state index is 0.142. The number of hydrogen-bond donors (Lipinski definition) is 2. The molecule has 1 amide bonds. The molecule has 0 unspecified atom stereocenters. The van der Waals surface area contributed by atoms with Gasteiger partial charge in [-0.3, -0.25) is 4.79 Å². The lowest BCUT2D eigenvalue weighted by atomic mass is 10.2. The van der Waals surface area contributed by atoms with E-state index in [0.29, 0.717) is 21.9 Å². The Morgan fingerprint density at radius 1 is 1.19 bits per heavy atom. The van der Waals surface area contributed by atoms with E-state index >= 15 is 0 Å².